The molecule has 1 aromatic heterocycles. The predicted octanol–water partition coefficient (Wildman–Crippen LogP) is 2.96. The van der Waals surface area contributed by atoms with Gasteiger partial charge in [0.25, 0.3) is 5.91 Å². The second-order valence-electron chi connectivity index (χ2n) is 6.34. The first-order valence-corrected chi connectivity index (χ1v) is 8.71. The number of carbonyl (C=O) groups is 1. The van der Waals surface area contributed by atoms with Crippen molar-refractivity contribution in [1.29, 1.82) is 0 Å². The molecule has 3 aromatic rings. The average molecular weight is 334 g/mol. The van der Waals surface area contributed by atoms with Gasteiger partial charge >= 0.3 is 0 Å². The number of hydrogen-bond donors (Lipinski definition) is 3. The van der Waals surface area contributed by atoms with Gasteiger partial charge in [0.1, 0.15) is 0 Å². The molecular weight excluding hydrogens is 312 g/mol. The number of aromatic nitrogens is 1. The first-order chi connectivity index (χ1) is 12.3. The lowest BCUT2D eigenvalue weighted by Gasteiger charge is -2.14. The maximum absolute atomic E-state index is 12.3. The van der Waals surface area contributed by atoms with Gasteiger partial charge in [-0.1, -0.05) is 36.4 Å². The van der Waals surface area contributed by atoms with Crippen LogP contribution in [-0.4, -0.2) is 16.6 Å². The van der Waals surface area contributed by atoms with Gasteiger partial charge < -0.3 is 9.88 Å². The van der Waals surface area contributed by atoms with Crippen molar-refractivity contribution in [3.63, 3.8) is 0 Å². The van der Waals surface area contributed by atoms with Crippen molar-refractivity contribution < 1.29 is 4.79 Å². The first-order valence-electron chi connectivity index (χ1n) is 8.71. The number of nitrogens with zero attached hydrogens (tertiary/aromatic N) is 1. The third kappa shape index (κ3) is 3.04. The SMILES string of the molecule is CCn1c(C2CC(NC(=O)c3ccccc3)NN2)cc2ccccc21. The van der Waals surface area contributed by atoms with Crippen LogP contribution in [0.3, 0.4) is 0 Å². The molecule has 1 aliphatic heterocycles. The molecule has 0 aliphatic carbocycles. The summed E-state index contributed by atoms with van der Waals surface area (Å²) < 4.78 is 2.33. The summed E-state index contributed by atoms with van der Waals surface area (Å²) in [5.41, 5.74) is 9.70. The molecule has 128 valence electrons. The number of hydrogen-bond acceptors (Lipinski definition) is 3. The molecular formula is C20H22N4O. The highest BCUT2D eigenvalue weighted by atomic mass is 16.1. The third-order valence-corrected chi connectivity index (χ3v) is 4.76. The fourth-order valence-electron chi connectivity index (χ4n) is 3.55. The molecule has 0 spiro atoms. The second-order valence-corrected chi connectivity index (χ2v) is 6.34. The largest absolute Gasteiger partial charge is 0.343 e. The van der Waals surface area contributed by atoms with Gasteiger partial charge in [-0.05, 0) is 36.6 Å². The molecule has 2 heterocycles. The molecule has 4 rings (SSSR count). The van der Waals surface area contributed by atoms with Crippen LogP contribution in [0, 0.1) is 0 Å². The summed E-state index contributed by atoms with van der Waals surface area (Å²) in [5, 5.41) is 4.29. The maximum Gasteiger partial charge on any atom is 0.252 e. The van der Waals surface area contributed by atoms with Gasteiger partial charge in [-0.2, -0.15) is 0 Å². The summed E-state index contributed by atoms with van der Waals surface area (Å²) in [7, 11) is 0. The quantitative estimate of drug-likeness (QED) is 0.687. The zero-order valence-corrected chi connectivity index (χ0v) is 14.2. The van der Waals surface area contributed by atoms with Crippen LogP contribution in [0.5, 0.6) is 0 Å². The molecule has 25 heavy (non-hydrogen) atoms. The van der Waals surface area contributed by atoms with Gasteiger partial charge in [-0.15, -0.1) is 0 Å². The van der Waals surface area contributed by atoms with Crippen LogP contribution in [-0.2, 0) is 6.54 Å². The number of hydrazine groups is 1. The lowest BCUT2D eigenvalue weighted by atomic mass is 10.1. The van der Waals surface area contributed by atoms with Gasteiger partial charge in [0.2, 0.25) is 0 Å². The molecule has 1 saturated heterocycles. The zero-order valence-electron chi connectivity index (χ0n) is 14.2. The molecule has 5 nitrogen and oxygen atoms in total. The van der Waals surface area contributed by atoms with Crippen molar-refractivity contribution in [3.05, 3.63) is 71.9 Å². The monoisotopic (exact) mass is 334 g/mol. The van der Waals surface area contributed by atoms with Crippen LogP contribution in [0.1, 0.15) is 35.4 Å². The Bertz CT molecular complexity index is 887. The molecule has 0 saturated carbocycles. The number of para-hydroxylation sites is 1. The number of fused-ring (bicyclic) bond motifs is 1. The van der Waals surface area contributed by atoms with Gasteiger partial charge in [-0.3, -0.25) is 4.79 Å². The maximum atomic E-state index is 12.3. The van der Waals surface area contributed by atoms with E-state index in [4.69, 9.17) is 0 Å². The van der Waals surface area contributed by atoms with E-state index in [0.29, 0.717) is 5.56 Å². The highest BCUT2D eigenvalue weighted by Crippen LogP contribution is 2.28. The normalized spacial score (nSPS) is 20.0. The Hall–Kier alpha value is -2.63. The standard InChI is InChI=1S/C20H22N4O/c1-2-24-17-11-7-6-10-15(17)12-18(24)16-13-19(23-22-16)21-20(25)14-8-4-3-5-9-14/h3-12,16,19,22-23H,2,13H2,1H3,(H,21,25). The van der Waals surface area contributed by atoms with Crippen LogP contribution < -0.4 is 16.2 Å². The topological polar surface area (TPSA) is 58.1 Å². The molecule has 3 N–H and O–H groups in total. The Morgan fingerprint density at radius 2 is 1.88 bits per heavy atom. The van der Waals surface area contributed by atoms with Crippen molar-refractivity contribution >= 4 is 16.8 Å². The van der Waals surface area contributed by atoms with E-state index in [-0.39, 0.29) is 18.1 Å². The lowest BCUT2D eigenvalue weighted by molar-refractivity contribution is 0.0932. The Morgan fingerprint density at radius 3 is 2.68 bits per heavy atom. The highest BCUT2D eigenvalue weighted by molar-refractivity contribution is 5.94. The van der Waals surface area contributed by atoms with Gasteiger partial charge in [0, 0.05) is 29.7 Å². The molecule has 2 aromatic carbocycles. The molecule has 0 radical (unpaired) electrons. The summed E-state index contributed by atoms with van der Waals surface area (Å²) in [5.74, 6) is -0.0587. The van der Waals surface area contributed by atoms with E-state index in [1.807, 2.05) is 30.3 Å². The van der Waals surface area contributed by atoms with Crippen molar-refractivity contribution in [1.82, 2.24) is 20.7 Å². The van der Waals surface area contributed by atoms with E-state index < -0.39 is 0 Å². The fraction of sp³-hybridized carbons (Fsp3) is 0.250. The smallest absolute Gasteiger partial charge is 0.252 e. The van der Waals surface area contributed by atoms with Crippen LogP contribution in [0.4, 0.5) is 0 Å². The minimum atomic E-state index is -0.0963. The third-order valence-electron chi connectivity index (χ3n) is 4.76. The van der Waals surface area contributed by atoms with Crippen molar-refractivity contribution in [2.24, 2.45) is 0 Å². The van der Waals surface area contributed by atoms with E-state index >= 15 is 0 Å². The average Bonchev–Trinajstić information content (AvgIpc) is 3.26. The number of benzene rings is 2. The van der Waals surface area contributed by atoms with Gasteiger partial charge in [0.15, 0.2) is 0 Å². The Morgan fingerprint density at radius 1 is 1.12 bits per heavy atom. The van der Waals surface area contributed by atoms with Gasteiger partial charge in [0.05, 0.1) is 12.2 Å². The number of carbonyl (C=O) groups excluding carboxylic acids is 1. The van der Waals surface area contributed by atoms with Crippen molar-refractivity contribution in [3.8, 4) is 0 Å². The molecule has 1 amide bonds. The molecule has 5 heteroatoms. The predicted molar refractivity (Wildman–Crippen MR) is 98.9 cm³/mol. The summed E-state index contributed by atoms with van der Waals surface area (Å²) in [6.07, 6.45) is 0.704. The van der Waals surface area contributed by atoms with Crippen LogP contribution in [0.25, 0.3) is 10.9 Å². The van der Waals surface area contributed by atoms with Crippen LogP contribution in [0.2, 0.25) is 0 Å². The number of rotatable bonds is 4. The molecule has 1 aliphatic rings. The zero-order chi connectivity index (χ0) is 17.2. The van der Waals surface area contributed by atoms with E-state index in [0.717, 1.165) is 13.0 Å². The molecule has 2 atom stereocenters. The van der Waals surface area contributed by atoms with E-state index in [2.05, 4.69) is 58.0 Å². The van der Waals surface area contributed by atoms with E-state index in [1.165, 1.54) is 16.6 Å². The lowest BCUT2D eigenvalue weighted by Crippen LogP contribution is -2.44. The summed E-state index contributed by atoms with van der Waals surface area (Å²) in [4.78, 5) is 12.3. The highest BCUT2D eigenvalue weighted by Gasteiger charge is 2.28. The molecule has 0 bridgehead atoms. The van der Waals surface area contributed by atoms with E-state index in [1.54, 1.807) is 0 Å². The first kappa shape index (κ1) is 15.9. The van der Waals surface area contributed by atoms with Crippen LogP contribution in [0.15, 0.2) is 60.7 Å². The minimum Gasteiger partial charge on any atom is -0.343 e. The van der Waals surface area contributed by atoms with Crippen LogP contribution >= 0.6 is 0 Å². The summed E-state index contributed by atoms with van der Waals surface area (Å²) in [6.45, 7) is 3.08. The Labute approximate surface area is 147 Å². The van der Waals surface area contributed by atoms with Crippen molar-refractivity contribution in [2.45, 2.75) is 32.1 Å². The van der Waals surface area contributed by atoms with Crippen molar-refractivity contribution in [2.75, 3.05) is 0 Å². The number of nitrogens with one attached hydrogen (secondary N) is 3. The van der Waals surface area contributed by atoms with Gasteiger partial charge in [-0.25, -0.2) is 10.9 Å². The number of aryl methyl sites for hydroxylation is 1. The van der Waals surface area contributed by atoms with E-state index in [9.17, 15) is 4.79 Å². The Balaban J connectivity index is 1.50. The Kier molecular flexibility index (Phi) is 4.26. The summed E-state index contributed by atoms with van der Waals surface area (Å²) >= 11 is 0. The molecule has 2 unspecified atom stereocenters. The number of amides is 1. The second kappa shape index (κ2) is 6.70. The minimum absolute atomic E-state index is 0.0587. The molecule has 1 fully saturated rings. The summed E-state index contributed by atoms with van der Waals surface area (Å²) in [6, 6.07) is 20.1. The fourth-order valence-corrected chi connectivity index (χ4v) is 3.55.